The fourth-order valence-electron chi connectivity index (χ4n) is 2.82. The van der Waals surface area contributed by atoms with Gasteiger partial charge in [-0.15, -0.1) is 24.0 Å². The molecule has 154 valence electrons. The number of carbonyl (C=O) groups is 1. The molecule has 0 aromatic carbocycles. The van der Waals surface area contributed by atoms with Crippen molar-refractivity contribution in [2.75, 3.05) is 52.6 Å². The van der Waals surface area contributed by atoms with E-state index in [1.807, 2.05) is 6.92 Å². The van der Waals surface area contributed by atoms with E-state index in [4.69, 9.17) is 4.74 Å². The first kappa shape index (κ1) is 25.4. The molecule has 0 aromatic heterocycles. The summed E-state index contributed by atoms with van der Waals surface area (Å²) in [5, 5.41) is 3.26. The highest BCUT2D eigenvalue weighted by atomic mass is 127. The molecule has 0 bridgehead atoms. The van der Waals surface area contributed by atoms with Gasteiger partial charge < -0.3 is 15.0 Å². The highest BCUT2D eigenvalue weighted by Crippen LogP contribution is 2.18. The Kier molecular flexibility index (Phi) is 12.4. The van der Waals surface area contributed by atoms with E-state index in [0.717, 1.165) is 25.3 Å². The van der Waals surface area contributed by atoms with E-state index in [2.05, 4.69) is 15.2 Å². The van der Waals surface area contributed by atoms with Crippen molar-refractivity contribution in [3.63, 3.8) is 0 Å². The van der Waals surface area contributed by atoms with Crippen LogP contribution in [0.2, 0.25) is 0 Å². The summed E-state index contributed by atoms with van der Waals surface area (Å²) in [5.74, 6) is 0.596. The number of nitrogens with zero attached hydrogens (tertiary/aromatic N) is 3. The fraction of sp³-hybridized carbons (Fsp3) is 0.875. The lowest BCUT2D eigenvalue weighted by atomic mass is 9.98. The zero-order valence-corrected chi connectivity index (χ0v) is 19.4. The first-order valence-corrected chi connectivity index (χ1v) is 10.5. The number of rotatable bonds is 8. The Balaban J connectivity index is 0.00000625. The molecular weight excluding hydrogens is 471 g/mol. The molecule has 1 aliphatic heterocycles. The Morgan fingerprint density at radius 1 is 1.38 bits per heavy atom. The van der Waals surface area contributed by atoms with Crippen LogP contribution in [0, 0.1) is 5.92 Å². The summed E-state index contributed by atoms with van der Waals surface area (Å²) in [4.78, 5) is 18.3. The van der Waals surface area contributed by atoms with Gasteiger partial charge in [0.15, 0.2) is 5.96 Å². The molecule has 10 heteroatoms. The Hall–Kier alpha value is -0.620. The number of guanidine groups is 1. The van der Waals surface area contributed by atoms with Crippen molar-refractivity contribution in [2.45, 2.75) is 33.1 Å². The van der Waals surface area contributed by atoms with Crippen molar-refractivity contribution in [1.82, 2.24) is 14.5 Å². The van der Waals surface area contributed by atoms with Crippen LogP contribution in [0.25, 0.3) is 0 Å². The van der Waals surface area contributed by atoms with Crippen LogP contribution in [0.3, 0.4) is 0 Å². The Labute approximate surface area is 174 Å². The summed E-state index contributed by atoms with van der Waals surface area (Å²) in [6.07, 6.45) is 2.44. The minimum absolute atomic E-state index is 0. The molecule has 1 unspecified atom stereocenters. The topological polar surface area (TPSA) is 91.3 Å². The van der Waals surface area contributed by atoms with E-state index in [1.165, 1.54) is 4.31 Å². The summed E-state index contributed by atoms with van der Waals surface area (Å²) < 4.78 is 29.9. The molecule has 8 nitrogen and oxygen atoms in total. The average molecular weight is 504 g/mol. The van der Waals surface area contributed by atoms with E-state index in [1.54, 1.807) is 21.0 Å². The lowest BCUT2D eigenvalue weighted by molar-refractivity contribution is -0.149. The van der Waals surface area contributed by atoms with Gasteiger partial charge in [-0.05, 0) is 33.1 Å². The summed E-state index contributed by atoms with van der Waals surface area (Å²) in [7, 11) is 0.178. The van der Waals surface area contributed by atoms with Gasteiger partial charge in [0.05, 0.1) is 18.3 Å². The highest BCUT2D eigenvalue weighted by Gasteiger charge is 2.28. The molecule has 0 radical (unpaired) electrons. The van der Waals surface area contributed by atoms with E-state index in [-0.39, 0.29) is 41.6 Å². The van der Waals surface area contributed by atoms with Crippen LogP contribution in [-0.2, 0) is 19.6 Å². The number of hydrogen-bond donors (Lipinski definition) is 1. The molecule has 1 rings (SSSR count). The lowest BCUT2D eigenvalue weighted by Gasteiger charge is -2.34. The van der Waals surface area contributed by atoms with Gasteiger partial charge in [0.1, 0.15) is 0 Å². The standard InChI is InChI=1S/C16H32N4O4S.HI/c1-5-24-15(21)14-9-7-12-20(13-14)16(17-3)18-10-8-11-19(4)25(22,23)6-2;/h14H,5-13H2,1-4H3,(H,17,18);1H. The molecule has 1 saturated heterocycles. The van der Waals surface area contributed by atoms with Gasteiger partial charge in [-0.1, -0.05) is 0 Å². The smallest absolute Gasteiger partial charge is 0.310 e. The number of piperidine rings is 1. The predicted octanol–water partition coefficient (Wildman–Crippen LogP) is 1.13. The third-order valence-electron chi connectivity index (χ3n) is 4.33. The minimum Gasteiger partial charge on any atom is -0.466 e. The molecule has 1 atom stereocenters. The van der Waals surface area contributed by atoms with Gasteiger partial charge in [0, 0.05) is 40.3 Å². The number of likely N-dealkylation sites (tertiary alicyclic amines) is 1. The van der Waals surface area contributed by atoms with Gasteiger partial charge in [-0.3, -0.25) is 9.79 Å². The molecule has 1 fully saturated rings. The van der Waals surface area contributed by atoms with Crippen molar-refractivity contribution < 1.29 is 17.9 Å². The summed E-state index contributed by atoms with van der Waals surface area (Å²) >= 11 is 0. The van der Waals surface area contributed by atoms with Crippen molar-refractivity contribution in [2.24, 2.45) is 10.9 Å². The monoisotopic (exact) mass is 504 g/mol. The van der Waals surface area contributed by atoms with Crippen molar-refractivity contribution in [3.05, 3.63) is 0 Å². The van der Waals surface area contributed by atoms with E-state index < -0.39 is 10.0 Å². The highest BCUT2D eigenvalue weighted by molar-refractivity contribution is 14.0. The third-order valence-corrected chi connectivity index (χ3v) is 6.19. The third kappa shape index (κ3) is 7.95. The first-order valence-electron chi connectivity index (χ1n) is 8.91. The number of aliphatic imine (C=N–C) groups is 1. The van der Waals surface area contributed by atoms with Crippen molar-refractivity contribution in [3.8, 4) is 0 Å². The number of ether oxygens (including phenoxy) is 1. The van der Waals surface area contributed by atoms with E-state index in [9.17, 15) is 13.2 Å². The van der Waals surface area contributed by atoms with Crippen molar-refractivity contribution in [1.29, 1.82) is 0 Å². The number of nitrogens with one attached hydrogen (secondary N) is 1. The van der Waals surface area contributed by atoms with Gasteiger partial charge in [0.25, 0.3) is 0 Å². The number of halogens is 1. The molecule has 0 aromatic rings. The van der Waals surface area contributed by atoms with Crippen LogP contribution in [0.15, 0.2) is 4.99 Å². The number of hydrogen-bond acceptors (Lipinski definition) is 5. The van der Waals surface area contributed by atoms with Crippen LogP contribution < -0.4 is 5.32 Å². The first-order chi connectivity index (χ1) is 11.9. The summed E-state index contributed by atoms with van der Waals surface area (Å²) in [6, 6.07) is 0. The van der Waals surface area contributed by atoms with Gasteiger partial charge in [0.2, 0.25) is 10.0 Å². The second-order valence-electron chi connectivity index (χ2n) is 6.09. The van der Waals surface area contributed by atoms with E-state index in [0.29, 0.717) is 32.7 Å². The van der Waals surface area contributed by atoms with Gasteiger partial charge in [-0.2, -0.15) is 0 Å². The molecular formula is C16H33IN4O4S. The van der Waals surface area contributed by atoms with E-state index >= 15 is 0 Å². The molecule has 1 N–H and O–H groups in total. The number of esters is 1. The van der Waals surface area contributed by atoms with Gasteiger partial charge in [-0.25, -0.2) is 12.7 Å². The maximum atomic E-state index is 11.9. The normalized spacial score (nSPS) is 18.4. The van der Waals surface area contributed by atoms with Crippen LogP contribution in [0.5, 0.6) is 0 Å². The molecule has 0 amide bonds. The fourth-order valence-corrected chi connectivity index (χ4v) is 3.66. The van der Waals surface area contributed by atoms with Gasteiger partial charge >= 0.3 is 5.97 Å². The zero-order chi connectivity index (χ0) is 18.9. The largest absolute Gasteiger partial charge is 0.466 e. The molecule has 26 heavy (non-hydrogen) atoms. The summed E-state index contributed by atoms with van der Waals surface area (Å²) in [6.45, 7) is 6.39. The Morgan fingerprint density at radius 3 is 2.65 bits per heavy atom. The van der Waals surface area contributed by atoms with Crippen LogP contribution >= 0.6 is 24.0 Å². The number of carbonyl (C=O) groups excluding carboxylic acids is 1. The van der Waals surface area contributed by atoms with Crippen LogP contribution in [-0.4, -0.2) is 82.2 Å². The second-order valence-corrected chi connectivity index (χ2v) is 8.45. The average Bonchev–Trinajstić information content (AvgIpc) is 2.61. The Morgan fingerprint density at radius 2 is 2.08 bits per heavy atom. The number of sulfonamides is 1. The predicted molar refractivity (Wildman–Crippen MR) is 114 cm³/mol. The maximum Gasteiger partial charge on any atom is 0.310 e. The molecule has 1 aliphatic rings. The quantitative estimate of drug-likeness (QED) is 0.175. The SMILES string of the molecule is CCOC(=O)C1CCCN(C(=NC)NCCCN(C)S(=O)(=O)CC)C1.I. The van der Waals surface area contributed by atoms with Crippen LogP contribution in [0.1, 0.15) is 33.1 Å². The molecule has 0 saturated carbocycles. The maximum absolute atomic E-state index is 11.9. The van der Waals surface area contributed by atoms with Crippen LogP contribution in [0.4, 0.5) is 0 Å². The molecule has 1 heterocycles. The minimum atomic E-state index is -3.13. The Bertz CT molecular complexity index is 556. The molecule has 0 aliphatic carbocycles. The summed E-state index contributed by atoms with van der Waals surface area (Å²) in [5.41, 5.74) is 0. The zero-order valence-electron chi connectivity index (χ0n) is 16.2. The lowest BCUT2D eigenvalue weighted by Crippen LogP contribution is -2.48. The molecule has 0 spiro atoms. The second kappa shape index (κ2) is 12.7. The van der Waals surface area contributed by atoms with Crippen molar-refractivity contribution >= 4 is 45.9 Å².